The van der Waals surface area contributed by atoms with Crippen LogP contribution >= 0.6 is 0 Å². The highest BCUT2D eigenvalue weighted by molar-refractivity contribution is 5.32. The van der Waals surface area contributed by atoms with Crippen molar-refractivity contribution < 1.29 is 9.50 Å². The minimum Gasteiger partial charge on any atom is -0.388 e. The van der Waals surface area contributed by atoms with E-state index in [1.165, 1.54) is 17.2 Å². The third-order valence-electron chi connectivity index (χ3n) is 4.30. The summed E-state index contributed by atoms with van der Waals surface area (Å²) in [4.78, 5) is 0. The van der Waals surface area contributed by atoms with E-state index in [0.717, 1.165) is 24.8 Å². The van der Waals surface area contributed by atoms with Crippen LogP contribution in [0.1, 0.15) is 34.8 Å². The maximum atomic E-state index is 13.9. The molecule has 0 fully saturated rings. The summed E-state index contributed by atoms with van der Waals surface area (Å²) in [6, 6.07) is 13.3. The lowest BCUT2D eigenvalue weighted by Crippen LogP contribution is -2.22. The summed E-state index contributed by atoms with van der Waals surface area (Å²) in [5.41, 5.74) is 4.07. The number of fused-ring (bicyclic) bond motifs is 1. The molecule has 0 heterocycles. The molecule has 2 atom stereocenters. The van der Waals surface area contributed by atoms with Crippen LogP contribution in [0.3, 0.4) is 0 Å². The molecule has 0 bridgehead atoms. The lowest BCUT2D eigenvalue weighted by Gasteiger charge is -2.29. The molecule has 3 rings (SSSR count). The van der Waals surface area contributed by atoms with Crippen molar-refractivity contribution in [1.82, 2.24) is 0 Å². The van der Waals surface area contributed by atoms with Gasteiger partial charge in [-0.15, -0.1) is 0 Å². The Morgan fingerprint density at radius 3 is 2.70 bits per heavy atom. The Kier molecular flexibility index (Phi) is 3.58. The quantitative estimate of drug-likeness (QED) is 0.875. The average Bonchev–Trinajstić information content (AvgIpc) is 2.48. The van der Waals surface area contributed by atoms with Crippen molar-refractivity contribution in [3.8, 4) is 0 Å². The lowest BCUT2D eigenvalue weighted by molar-refractivity contribution is 0.0959. The van der Waals surface area contributed by atoms with Crippen LogP contribution in [0.4, 0.5) is 4.39 Å². The second-order valence-electron chi connectivity index (χ2n) is 5.74. The first kappa shape index (κ1) is 13.3. The van der Waals surface area contributed by atoms with E-state index >= 15 is 0 Å². The van der Waals surface area contributed by atoms with Gasteiger partial charge >= 0.3 is 0 Å². The third-order valence-corrected chi connectivity index (χ3v) is 4.30. The highest BCUT2D eigenvalue weighted by Crippen LogP contribution is 2.35. The smallest absolute Gasteiger partial charge is 0.129 e. The standard InChI is InChI=1S/C18H19FO/c1-12-6-9-17(19)16(10-12)18(20)15-8-7-13-4-2-3-5-14(13)11-15/h2-6,9-10,15,18,20H,7-8,11H2,1H3. The molecule has 0 amide bonds. The molecule has 0 aromatic heterocycles. The van der Waals surface area contributed by atoms with Gasteiger partial charge in [-0.25, -0.2) is 4.39 Å². The fourth-order valence-corrected chi connectivity index (χ4v) is 3.14. The van der Waals surface area contributed by atoms with E-state index in [0.29, 0.717) is 5.56 Å². The van der Waals surface area contributed by atoms with Gasteiger partial charge in [-0.05, 0) is 49.3 Å². The molecule has 1 aliphatic rings. The van der Waals surface area contributed by atoms with Crippen molar-refractivity contribution in [3.63, 3.8) is 0 Å². The normalized spacial score (nSPS) is 19.4. The minimum absolute atomic E-state index is 0.0983. The van der Waals surface area contributed by atoms with E-state index in [9.17, 15) is 9.50 Å². The van der Waals surface area contributed by atoms with Gasteiger partial charge in [0.05, 0.1) is 6.10 Å². The van der Waals surface area contributed by atoms with Crippen LogP contribution in [0.15, 0.2) is 42.5 Å². The molecule has 0 spiro atoms. The molecule has 0 aliphatic heterocycles. The number of aliphatic hydroxyl groups excluding tert-OH is 1. The molecule has 0 saturated heterocycles. The number of hydrogen-bond donors (Lipinski definition) is 1. The van der Waals surface area contributed by atoms with E-state index in [4.69, 9.17) is 0 Å². The maximum Gasteiger partial charge on any atom is 0.129 e. The zero-order valence-corrected chi connectivity index (χ0v) is 11.6. The van der Waals surface area contributed by atoms with Gasteiger partial charge in [0.2, 0.25) is 0 Å². The zero-order valence-electron chi connectivity index (χ0n) is 11.6. The van der Waals surface area contributed by atoms with Crippen molar-refractivity contribution >= 4 is 0 Å². The molecule has 1 nitrogen and oxygen atoms in total. The van der Waals surface area contributed by atoms with Gasteiger partial charge in [-0.1, -0.05) is 42.0 Å². The Hall–Kier alpha value is -1.67. The second kappa shape index (κ2) is 5.37. The third kappa shape index (κ3) is 2.48. The Labute approximate surface area is 119 Å². The summed E-state index contributed by atoms with van der Waals surface area (Å²) in [5, 5.41) is 10.5. The Balaban J connectivity index is 1.85. The van der Waals surface area contributed by atoms with Crippen LogP contribution in [0.5, 0.6) is 0 Å². The molecule has 1 N–H and O–H groups in total. The van der Waals surface area contributed by atoms with Gasteiger partial charge in [0.15, 0.2) is 0 Å². The first-order valence-electron chi connectivity index (χ1n) is 7.16. The van der Waals surface area contributed by atoms with Gasteiger partial charge in [0, 0.05) is 5.56 Å². The van der Waals surface area contributed by atoms with Crippen LogP contribution < -0.4 is 0 Å². The fraction of sp³-hybridized carbons (Fsp3) is 0.333. The van der Waals surface area contributed by atoms with Gasteiger partial charge in [-0.3, -0.25) is 0 Å². The highest BCUT2D eigenvalue weighted by Gasteiger charge is 2.27. The van der Waals surface area contributed by atoms with Gasteiger partial charge in [0.1, 0.15) is 5.82 Å². The van der Waals surface area contributed by atoms with Gasteiger partial charge in [0.25, 0.3) is 0 Å². The van der Waals surface area contributed by atoms with Gasteiger partial charge < -0.3 is 5.11 Å². The molecular weight excluding hydrogens is 251 g/mol. The molecule has 1 aliphatic carbocycles. The average molecular weight is 270 g/mol. The monoisotopic (exact) mass is 270 g/mol. The minimum atomic E-state index is -0.719. The lowest BCUT2D eigenvalue weighted by atomic mass is 9.79. The van der Waals surface area contributed by atoms with Gasteiger partial charge in [-0.2, -0.15) is 0 Å². The first-order valence-corrected chi connectivity index (χ1v) is 7.16. The van der Waals surface area contributed by atoms with Crippen LogP contribution in [-0.2, 0) is 12.8 Å². The van der Waals surface area contributed by atoms with Crippen molar-refractivity contribution in [2.24, 2.45) is 5.92 Å². The largest absolute Gasteiger partial charge is 0.388 e. The summed E-state index contributed by atoms with van der Waals surface area (Å²) in [6.45, 7) is 1.92. The van der Waals surface area contributed by atoms with Crippen molar-refractivity contribution in [3.05, 3.63) is 70.5 Å². The molecule has 0 saturated carbocycles. The Bertz CT molecular complexity index is 621. The van der Waals surface area contributed by atoms with E-state index in [2.05, 4.69) is 18.2 Å². The van der Waals surface area contributed by atoms with Crippen LogP contribution in [0, 0.1) is 18.7 Å². The summed E-state index contributed by atoms with van der Waals surface area (Å²) < 4.78 is 13.9. The van der Waals surface area contributed by atoms with Crippen LogP contribution in [0.25, 0.3) is 0 Å². The Morgan fingerprint density at radius 1 is 1.15 bits per heavy atom. The maximum absolute atomic E-state index is 13.9. The predicted octanol–water partition coefficient (Wildman–Crippen LogP) is 3.97. The zero-order chi connectivity index (χ0) is 14.1. The number of aliphatic hydroxyl groups is 1. The van der Waals surface area contributed by atoms with Crippen molar-refractivity contribution in [2.75, 3.05) is 0 Å². The summed E-state index contributed by atoms with van der Waals surface area (Å²) in [5.74, 6) is -0.205. The van der Waals surface area contributed by atoms with E-state index in [1.54, 1.807) is 12.1 Å². The summed E-state index contributed by atoms with van der Waals surface area (Å²) in [6.07, 6.45) is 1.98. The van der Waals surface area contributed by atoms with E-state index in [-0.39, 0.29) is 11.7 Å². The predicted molar refractivity (Wildman–Crippen MR) is 78.1 cm³/mol. The topological polar surface area (TPSA) is 20.2 Å². The molecule has 0 radical (unpaired) electrons. The molecule has 2 unspecified atom stereocenters. The number of hydrogen-bond acceptors (Lipinski definition) is 1. The van der Waals surface area contributed by atoms with Crippen LogP contribution in [-0.4, -0.2) is 5.11 Å². The SMILES string of the molecule is Cc1ccc(F)c(C(O)C2CCc3ccccc3C2)c1. The number of halogens is 1. The molecule has 2 heteroatoms. The molecule has 2 aromatic carbocycles. The highest BCUT2D eigenvalue weighted by atomic mass is 19.1. The van der Waals surface area contributed by atoms with E-state index < -0.39 is 6.10 Å². The number of aryl methyl sites for hydroxylation is 2. The van der Waals surface area contributed by atoms with Crippen molar-refractivity contribution in [1.29, 1.82) is 0 Å². The number of rotatable bonds is 2. The fourth-order valence-electron chi connectivity index (χ4n) is 3.14. The molecule has 2 aromatic rings. The van der Waals surface area contributed by atoms with Crippen LogP contribution in [0.2, 0.25) is 0 Å². The molecule has 20 heavy (non-hydrogen) atoms. The van der Waals surface area contributed by atoms with E-state index in [1.807, 2.05) is 13.0 Å². The van der Waals surface area contributed by atoms with Crippen molar-refractivity contribution in [2.45, 2.75) is 32.3 Å². The number of benzene rings is 2. The second-order valence-corrected chi connectivity index (χ2v) is 5.74. The summed E-state index contributed by atoms with van der Waals surface area (Å²) >= 11 is 0. The molecule has 104 valence electrons. The first-order chi connectivity index (χ1) is 9.65. The summed E-state index contributed by atoms with van der Waals surface area (Å²) in [7, 11) is 0. The Morgan fingerprint density at radius 2 is 1.90 bits per heavy atom. The molecular formula is C18H19FO.